The molecule has 3 heterocycles. The maximum absolute atomic E-state index is 12.6. The predicted molar refractivity (Wildman–Crippen MR) is 108 cm³/mol. The molecule has 0 radical (unpaired) electrons. The number of nitrogens with one attached hydrogen (secondary N) is 1. The van der Waals surface area contributed by atoms with Gasteiger partial charge < -0.3 is 19.5 Å². The van der Waals surface area contributed by atoms with Gasteiger partial charge in [-0.1, -0.05) is 0 Å². The predicted octanol–water partition coefficient (Wildman–Crippen LogP) is 1.77. The molecule has 0 bridgehead atoms. The standard InChI is InChI=1S/C21H19N5O3/c1-29-17-3-4-18-15(11-17)10-16(12-22)20(24-18)25-6-8-26(9-7-25)21(28)14-2-5-19(27)23-13-14/h2-5,10-11,13H,6-9H2,1H3,(H,23,27). The number of nitriles is 1. The Balaban J connectivity index is 1.54. The van der Waals surface area contributed by atoms with Gasteiger partial charge in [-0.2, -0.15) is 5.26 Å². The number of aromatic nitrogens is 2. The van der Waals surface area contributed by atoms with Crippen molar-refractivity contribution in [3.8, 4) is 11.8 Å². The third-order valence-electron chi connectivity index (χ3n) is 5.02. The Morgan fingerprint density at radius 2 is 1.97 bits per heavy atom. The first-order chi connectivity index (χ1) is 14.1. The molecular formula is C21H19N5O3. The van der Waals surface area contributed by atoms with Crippen molar-refractivity contribution >= 4 is 22.6 Å². The van der Waals surface area contributed by atoms with Crippen LogP contribution in [-0.4, -0.2) is 54.1 Å². The second kappa shape index (κ2) is 7.64. The number of benzene rings is 1. The number of anilines is 1. The van der Waals surface area contributed by atoms with Gasteiger partial charge in [-0.15, -0.1) is 0 Å². The van der Waals surface area contributed by atoms with E-state index < -0.39 is 0 Å². The molecule has 1 N–H and O–H groups in total. The number of carbonyl (C=O) groups is 1. The Hall–Kier alpha value is -3.86. The van der Waals surface area contributed by atoms with E-state index in [1.807, 2.05) is 29.2 Å². The SMILES string of the molecule is COc1ccc2nc(N3CCN(C(=O)c4ccc(=O)[nH]c4)CC3)c(C#N)cc2c1. The fourth-order valence-corrected chi connectivity index (χ4v) is 3.44. The summed E-state index contributed by atoms with van der Waals surface area (Å²) in [6, 6.07) is 12.5. The van der Waals surface area contributed by atoms with E-state index in [-0.39, 0.29) is 11.5 Å². The third-order valence-corrected chi connectivity index (χ3v) is 5.02. The van der Waals surface area contributed by atoms with Crippen molar-refractivity contribution in [1.29, 1.82) is 5.26 Å². The lowest BCUT2D eigenvalue weighted by Gasteiger charge is -2.35. The summed E-state index contributed by atoms with van der Waals surface area (Å²) < 4.78 is 5.24. The van der Waals surface area contributed by atoms with Crippen molar-refractivity contribution in [2.24, 2.45) is 0 Å². The van der Waals surface area contributed by atoms with Crippen LogP contribution in [-0.2, 0) is 0 Å². The summed E-state index contributed by atoms with van der Waals surface area (Å²) in [5.74, 6) is 1.21. The van der Waals surface area contributed by atoms with Crippen molar-refractivity contribution < 1.29 is 9.53 Å². The minimum absolute atomic E-state index is 0.125. The van der Waals surface area contributed by atoms with E-state index in [9.17, 15) is 14.9 Å². The van der Waals surface area contributed by atoms with Crippen molar-refractivity contribution in [2.45, 2.75) is 0 Å². The highest BCUT2D eigenvalue weighted by Gasteiger charge is 2.24. The van der Waals surface area contributed by atoms with Crippen LogP contribution in [0.4, 0.5) is 5.82 Å². The van der Waals surface area contributed by atoms with E-state index in [0.29, 0.717) is 48.9 Å². The number of aromatic amines is 1. The topological polar surface area (TPSA) is 102 Å². The number of H-pyrrole nitrogens is 1. The second-order valence-corrected chi connectivity index (χ2v) is 6.75. The van der Waals surface area contributed by atoms with E-state index in [4.69, 9.17) is 4.74 Å². The van der Waals surface area contributed by atoms with E-state index in [0.717, 1.165) is 10.9 Å². The summed E-state index contributed by atoms with van der Waals surface area (Å²) >= 11 is 0. The summed E-state index contributed by atoms with van der Waals surface area (Å²) in [7, 11) is 1.60. The lowest BCUT2D eigenvalue weighted by Crippen LogP contribution is -2.49. The molecule has 0 spiro atoms. The zero-order valence-electron chi connectivity index (χ0n) is 15.9. The Kier molecular flexibility index (Phi) is 4.87. The van der Waals surface area contributed by atoms with Crippen LogP contribution in [0.2, 0.25) is 0 Å². The molecule has 8 heteroatoms. The van der Waals surface area contributed by atoms with Gasteiger partial charge in [-0.3, -0.25) is 9.59 Å². The highest BCUT2D eigenvalue weighted by Crippen LogP contribution is 2.27. The number of hydrogen-bond donors (Lipinski definition) is 1. The third kappa shape index (κ3) is 3.62. The fraction of sp³-hybridized carbons (Fsp3) is 0.238. The average molecular weight is 389 g/mol. The van der Waals surface area contributed by atoms with Crippen molar-refractivity contribution in [2.75, 3.05) is 38.2 Å². The number of pyridine rings is 2. The first-order valence-corrected chi connectivity index (χ1v) is 9.21. The lowest BCUT2D eigenvalue weighted by atomic mass is 10.1. The van der Waals surface area contributed by atoms with Gasteiger partial charge in [-0.25, -0.2) is 4.98 Å². The molecule has 146 valence electrons. The molecule has 1 saturated heterocycles. The van der Waals surface area contributed by atoms with Crippen LogP contribution in [0.25, 0.3) is 10.9 Å². The Morgan fingerprint density at radius 3 is 2.62 bits per heavy atom. The Labute approximate surface area is 167 Å². The summed E-state index contributed by atoms with van der Waals surface area (Å²) in [5.41, 5.74) is 1.49. The molecule has 3 aromatic rings. The van der Waals surface area contributed by atoms with E-state index in [2.05, 4.69) is 16.0 Å². The van der Waals surface area contributed by atoms with Crippen LogP contribution in [0.1, 0.15) is 15.9 Å². The monoisotopic (exact) mass is 389 g/mol. The van der Waals surface area contributed by atoms with Gasteiger partial charge in [0.15, 0.2) is 0 Å². The second-order valence-electron chi connectivity index (χ2n) is 6.75. The van der Waals surface area contributed by atoms with Crippen molar-refractivity contribution in [1.82, 2.24) is 14.9 Å². The summed E-state index contributed by atoms with van der Waals surface area (Å²) in [6.07, 6.45) is 1.43. The van der Waals surface area contributed by atoms with Gasteiger partial charge in [0.25, 0.3) is 5.91 Å². The molecule has 0 saturated carbocycles. The van der Waals surface area contributed by atoms with Gasteiger partial charge in [0, 0.05) is 43.8 Å². The molecule has 1 aliphatic rings. The first-order valence-electron chi connectivity index (χ1n) is 9.21. The van der Waals surface area contributed by atoms with Crippen LogP contribution in [0.15, 0.2) is 47.4 Å². The fourth-order valence-electron chi connectivity index (χ4n) is 3.44. The number of rotatable bonds is 3. The van der Waals surface area contributed by atoms with E-state index in [1.165, 1.54) is 18.3 Å². The Morgan fingerprint density at radius 1 is 1.17 bits per heavy atom. The number of ether oxygens (including phenoxy) is 1. The molecule has 0 unspecified atom stereocenters. The van der Waals surface area contributed by atoms with Gasteiger partial charge in [0.1, 0.15) is 17.6 Å². The summed E-state index contributed by atoms with van der Waals surface area (Å²) in [4.78, 5) is 34.8. The maximum Gasteiger partial charge on any atom is 0.255 e. The quantitative estimate of drug-likeness (QED) is 0.732. The normalized spacial score (nSPS) is 13.9. The molecule has 0 atom stereocenters. The zero-order valence-corrected chi connectivity index (χ0v) is 15.9. The first kappa shape index (κ1) is 18.5. The molecule has 1 fully saturated rings. The molecule has 29 heavy (non-hydrogen) atoms. The van der Waals surface area contributed by atoms with Gasteiger partial charge in [0.05, 0.1) is 23.8 Å². The molecule has 1 amide bonds. The summed E-state index contributed by atoms with van der Waals surface area (Å²) in [6.45, 7) is 2.15. The lowest BCUT2D eigenvalue weighted by molar-refractivity contribution is 0.0746. The number of piperazine rings is 1. The molecule has 1 aliphatic heterocycles. The highest BCUT2D eigenvalue weighted by molar-refractivity contribution is 5.94. The minimum Gasteiger partial charge on any atom is -0.497 e. The summed E-state index contributed by atoms with van der Waals surface area (Å²) in [5, 5.41) is 10.4. The van der Waals surface area contributed by atoms with Gasteiger partial charge in [0.2, 0.25) is 5.56 Å². The number of carbonyl (C=O) groups excluding carboxylic acids is 1. The smallest absolute Gasteiger partial charge is 0.255 e. The van der Waals surface area contributed by atoms with Crippen LogP contribution in [0.5, 0.6) is 5.75 Å². The largest absolute Gasteiger partial charge is 0.497 e. The van der Waals surface area contributed by atoms with Gasteiger partial charge >= 0.3 is 0 Å². The van der Waals surface area contributed by atoms with Crippen molar-refractivity contribution in [3.63, 3.8) is 0 Å². The minimum atomic E-state index is -0.240. The van der Waals surface area contributed by atoms with Crippen LogP contribution in [0, 0.1) is 11.3 Å². The number of nitrogens with zero attached hydrogens (tertiary/aromatic N) is 4. The maximum atomic E-state index is 12.6. The number of amides is 1. The average Bonchev–Trinajstić information content (AvgIpc) is 2.78. The number of fused-ring (bicyclic) bond motifs is 1. The molecule has 4 rings (SSSR count). The molecule has 8 nitrogen and oxygen atoms in total. The van der Waals surface area contributed by atoms with Crippen LogP contribution >= 0.6 is 0 Å². The molecule has 2 aromatic heterocycles. The molecule has 1 aromatic carbocycles. The van der Waals surface area contributed by atoms with Gasteiger partial charge in [-0.05, 0) is 30.3 Å². The molecule has 0 aliphatic carbocycles. The number of hydrogen-bond acceptors (Lipinski definition) is 6. The number of methoxy groups -OCH3 is 1. The molecular weight excluding hydrogens is 370 g/mol. The highest BCUT2D eigenvalue weighted by atomic mass is 16.5. The van der Waals surface area contributed by atoms with Crippen molar-refractivity contribution in [3.05, 3.63) is 64.1 Å². The van der Waals surface area contributed by atoms with Crippen LogP contribution in [0.3, 0.4) is 0 Å². The Bertz CT molecular complexity index is 1150. The zero-order chi connectivity index (χ0) is 20.4. The van der Waals surface area contributed by atoms with Crippen LogP contribution < -0.4 is 15.2 Å². The van der Waals surface area contributed by atoms with E-state index >= 15 is 0 Å². The van der Waals surface area contributed by atoms with E-state index in [1.54, 1.807) is 12.0 Å².